The summed E-state index contributed by atoms with van der Waals surface area (Å²) < 4.78 is 24.9. The maximum absolute atomic E-state index is 12.6. The van der Waals surface area contributed by atoms with E-state index in [1.54, 1.807) is 0 Å². The van der Waals surface area contributed by atoms with Gasteiger partial charge < -0.3 is 0 Å². The number of rotatable bonds is 0. The molecule has 1 rings (SSSR count). The molecule has 0 amide bonds. The zero-order chi connectivity index (χ0) is 8.43. The van der Waals surface area contributed by atoms with Gasteiger partial charge in [-0.1, -0.05) is 11.6 Å². The van der Waals surface area contributed by atoms with E-state index in [9.17, 15) is 8.78 Å². The van der Waals surface area contributed by atoms with Gasteiger partial charge in [-0.2, -0.15) is 5.26 Å². The Hall–Kier alpha value is -1.14. The van der Waals surface area contributed by atoms with E-state index >= 15 is 0 Å². The number of hydrogen-bond acceptors (Lipinski definition) is 1. The Morgan fingerprint density at radius 2 is 2.00 bits per heavy atom. The van der Waals surface area contributed by atoms with E-state index in [4.69, 9.17) is 16.9 Å². The highest BCUT2D eigenvalue weighted by Gasteiger charge is 2.07. The first-order valence-corrected chi connectivity index (χ1v) is 3.07. The van der Waals surface area contributed by atoms with Crippen molar-refractivity contribution in [2.45, 2.75) is 0 Å². The predicted molar refractivity (Wildman–Crippen MR) is 36.1 cm³/mol. The molecule has 56 valence electrons. The monoisotopic (exact) mass is 173 g/mol. The van der Waals surface area contributed by atoms with Crippen molar-refractivity contribution in [1.29, 1.82) is 5.26 Å². The molecule has 0 bridgehead atoms. The maximum atomic E-state index is 12.6. The maximum Gasteiger partial charge on any atom is 0.145 e. The van der Waals surface area contributed by atoms with E-state index in [1.807, 2.05) is 0 Å². The molecule has 0 saturated heterocycles. The fourth-order valence-electron chi connectivity index (χ4n) is 0.649. The highest BCUT2D eigenvalue weighted by atomic mass is 35.5. The summed E-state index contributed by atoms with van der Waals surface area (Å²) in [5, 5.41) is 8.09. The van der Waals surface area contributed by atoms with Crippen LogP contribution in [-0.4, -0.2) is 0 Å². The molecule has 1 aromatic rings. The first-order chi connectivity index (χ1) is 5.15. The van der Waals surface area contributed by atoms with Crippen molar-refractivity contribution in [2.75, 3.05) is 0 Å². The fraction of sp³-hybridized carbons (Fsp3) is 0. The van der Waals surface area contributed by atoms with Crippen LogP contribution in [0.15, 0.2) is 12.1 Å². The summed E-state index contributed by atoms with van der Waals surface area (Å²) in [5.74, 6) is -1.72. The Balaban J connectivity index is 3.40. The molecule has 0 fully saturated rings. The van der Waals surface area contributed by atoms with Gasteiger partial charge in [0.2, 0.25) is 0 Å². The van der Waals surface area contributed by atoms with Crippen LogP contribution in [0.25, 0.3) is 0 Å². The lowest BCUT2D eigenvalue weighted by Crippen LogP contribution is -1.86. The summed E-state index contributed by atoms with van der Waals surface area (Å²) in [6, 6.07) is 3.02. The van der Waals surface area contributed by atoms with Crippen molar-refractivity contribution in [3.8, 4) is 6.07 Å². The smallest absolute Gasteiger partial charge is 0.145 e. The fourth-order valence-corrected chi connectivity index (χ4v) is 0.886. The van der Waals surface area contributed by atoms with Crippen molar-refractivity contribution < 1.29 is 8.78 Å². The van der Waals surface area contributed by atoms with Gasteiger partial charge in [0.15, 0.2) is 0 Å². The van der Waals surface area contributed by atoms with Crippen LogP contribution in [0, 0.1) is 23.0 Å². The van der Waals surface area contributed by atoms with Crippen molar-refractivity contribution in [2.24, 2.45) is 0 Å². The Kier molecular flexibility index (Phi) is 2.06. The van der Waals surface area contributed by atoms with E-state index < -0.39 is 11.6 Å². The lowest BCUT2D eigenvalue weighted by molar-refractivity contribution is 0.581. The van der Waals surface area contributed by atoms with Crippen LogP contribution in [0.5, 0.6) is 0 Å². The molecule has 1 nitrogen and oxygen atoms in total. The van der Waals surface area contributed by atoms with E-state index in [0.29, 0.717) is 6.07 Å². The highest BCUT2D eigenvalue weighted by molar-refractivity contribution is 6.31. The molecule has 0 heterocycles. The lowest BCUT2D eigenvalue weighted by atomic mass is 10.2. The van der Waals surface area contributed by atoms with E-state index in [1.165, 1.54) is 6.07 Å². The summed E-state index contributed by atoms with van der Waals surface area (Å²) in [7, 11) is 0. The van der Waals surface area contributed by atoms with Crippen LogP contribution in [0.4, 0.5) is 8.78 Å². The van der Waals surface area contributed by atoms with Crippen LogP contribution >= 0.6 is 11.6 Å². The Bertz CT molecular complexity index is 307. The molecule has 0 atom stereocenters. The summed E-state index contributed by atoms with van der Waals surface area (Å²) in [6.07, 6.45) is 0. The molecule has 4 heteroatoms. The molecule has 0 radical (unpaired) electrons. The van der Waals surface area contributed by atoms with Crippen molar-refractivity contribution in [1.82, 2.24) is 0 Å². The quantitative estimate of drug-likeness (QED) is 0.591. The summed E-state index contributed by atoms with van der Waals surface area (Å²) >= 11 is 5.33. The second kappa shape index (κ2) is 2.85. The molecule has 0 aromatic heterocycles. The van der Waals surface area contributed by atoms with E-state index in [0.717, 1.165) is 6.07 Å². The number of halogens is 3. The van der Waals surface area contributed by atoms with Gasteiger partial charge in [0.05, 0.1) is 5.02 Å². The van der Waals surface area contributed by atoms with Gasteiger partial charge in [0, 0.05) is 6.07 Å². The van der Waals surface area contributed by atoms with E-state index in [-0.39, 0.29) is 10.6 Å². The molecule has 0 aliphatic rings. The Morgan fingerprint density at radius 1 is 1.36 bits per heavy atom. The molecule has 0 unspecified atom stereocenters. The predicted octanol–water partition coefficient (Wildman–Crippen LogP) is 2.49. The topological polar surface area (TPSA) is 23.8 Å². The molecular formula is C7H2ClF2N. The first-order valence-electron chi connectivity index (χ1n) is 2.70. The van der Waals surface area contributed by atoms with Gasteiger partial charge in [-0.3, -0.25) is 0 Å². The average molecular weight is 174 g/mol. The van der Waals surface area contributed by atoms with Crippen LogP contribution in [-0.2, 0) is 0 Å². The number of benzene rings is 1. The molecule has 0 aliphatic carbocycles. The second-order valence-electron chi connectivity index (χ2n) is 1.86. The number of nitrogens with zero attached hydrogens (tertiary/aromatic N) is 1. The van der Waals surface area contributed by atoms with E-state index in [2.05, 4.69) is 0 Å². The molecule has 1 aromatic carbocycles. The Morgan fingerprint density at radius 3 is 2.45 bits per heavy atom. The molecule has 0 N–H and O–H groups in total. The average Bonchev–Trinajstić information content (AvgIpc) is 1.85. The van der Waals surface area contributed by atoms with Crippen molar-refractivity contribution >= 4 is 11.6 Å². The molecule has 0 aliphatic heterocycles. The van der Waals surface area contributed by atoms with Crippen molar-refractivity contribution in [3.63, 3.8) is 0 Å². The van der Waals surface area contributed by atoms with Crippen LogP contribution in [0.3, 0.4) is 0 Å². The van der Waals surface area contributed by atoms with Crippen LogP contribution < -0.4 is 0 Å². The van der Waals surface area contributed by atoms with Gasteiger partial charge in [0.25, 0.3) is 0 Å². The van der Waals surface area contributed by atoms with Gasteiger partial charge in [0.1, 0.15) is 23.3 Å². The van der Waals surface area contributed by atoms with Crippen LogP contribution in [0.1, 0.15) is 5.56 Å². The second-order valence-corrected chi connectivity index (χ2v) is 2.26. The zero-order valence-corrected chi connectivity index (χ0v) is 5.99. The minimum absolute atomic E-state index is 0.204. The molecule has 0 spiro atoms. The third-order valence-corrected chi connectivity index (χ3v) is 1.42. The highest BCUT2D eigenvalue weighted by Crippen LogP contribution is 2.19. The minimum atomic E-state index is -0.933. The SMILES string of the molecule is N#Cc1c(F)cc(F)cc1Cl. The number of hydrogen-bond donors (Lipinski definition) is 0. The third-order valence-electron chi connectivity index (χ3n) is 1.12. The van der Waals surface area contributed by atoms with Crippen molar-refractivity contribution in [3.05, 3.63) is 34.4 Å². The molecule has 0 saturated carbocycles. The zero-order valence-electron chi connectivity index (χ0n) is 5.24. The first kappa shape index (κ1) is 7.96. The van der Waals surface area contributed by atoms with Gasteiger partial charge in [-0.05, 0) is 6.07 Å². The normalized spacial score (nSPS) is 9.27. The molecule has 11 heavy (non-hydrogen) atoms. The molecular weight excluding hydrogens is 172 g/mol. The summed E-state index contributed by atoms with van der Waals surface area (Å²) in [4.78, 5) is 0. The Labute approximate surface area is 66.8 Å². The van der Waals surface area contributed by atoms with Gasteiger partial charge >= 0.3 is 0 Å². The third kappa shape index (κ3) is 1.47. The summed E-state index contributed by atoms with van der Waals surface area (Å²) in [5.41, 5.74) is -0.326. The minimum Gasteiger partial charge on any atom is -0.207 e. The van der Waals surface area contributed by atoms with Crippen LogP contribution in [0.2, 0.25) is 5.02 Å². The largest absolute Gasteiger partial charge is 0.207 e. The van der Waals surface area contributed by atoms with Gasteiger partial charge in [-0.25, -0.2) is 8.78 Å². The number of nitriles is 1. The van der Waals surface area contributed by atoms with Gasteiger partial charge in [-0.15, -0.1) is 0 Å². The lowest BCUT2D eigenvalue weighted by Gasteiger charge is -1.95. The summed E-state index contributed by atoms with van der Waals surface area (Å²) in [6.45, 7) is 0. The standard InChI is InChI=1S/C7H2ClF2N/c8-6-1-4(9)2-7(10)5(6)3-11/h1-2H.